The highest BCUT2D eigenvalue weighted by molar-refractivity contribution is 5.81. The Bertz CT molecular complexity index is 404. The van der Waals surface area contributed by atoms with Crippen LogP contribution in [0.15, 0.2) is 24.3 Å². The lowest BCUT2D eigenvalue weighted by molar-refractivity contribution is -0.384. The summed E-state index contributed by atoms with van der Waals surface area (Å²) in [6, 6.07) is 4.73. The van der Waals surface area contributed by atoms with Gasteiger partial charge >= 0.3 is 0 Å². The molecule has 0 radical (unpaired) electrons. The highest BCUT2D eigenvalue weighted by atomic mass is 19.1. The molecule has 0 saturated carbocycles. The number of hydrogen-bond donors (Lipinski definition) is 1. The molecule has 86 valence electrons. The lowest BCUT2D eigenvalue weighted by Crippen LogP contribution is -2.21. The summed E-state index contributed by atoms with van der Waals surface area (Å²) >= 11 is 0. The molecule has 16 heavy (non-hydrogen) atoms. The molecule has 5 nitrogen and oxygen atoms in total. The number of ketones is 1. The van der Waals surface area contributed by atoms with Gasteiger partial charge in [0.2, 0.25) is 0 Å². The number of carbonyl (C=O) groups is 1. The summed E-state index contributed by atoms with van der Waals surface area (Å²) in [6.07, 6.45) is -3.60. The van der Waals surface area contributed by atoms with Gasteiger partial charge in [-0.15, -0.1) is 0 Å². The summed E-state index contributed by atoms with van der Waals surface area (Å²) in [6.45, 7) is 1.03. The second-order valence-electron chi connectivity index (χ2n) is 3.31. The third-order valence-corrected chi connectivity index (χ3v) is 2.11. The highest BCUT2D eigenvalue weighted by Gasteiger charge is 2.24. The van der Waals surface area contributed by atoms with E-state index in [1.54, 1.807) is 0 Å². The fourth-order valence-corrected chi connectivity index (χ4v) is 1.18. The van der Waals surface area contributed by atoms with Gasteiger partial charge in [-0.2, -0.15) is 0 Å². The van der Waals surface area contributed by atoms with Crippen LogP contribution in [0.3, 0.4) is 0 Å². The predicted molar refractivity (Wildman–Crippen MR) is 53.6 cm³/mol. The number of hydrogen-bond acceptors (Lipinski definition) is 4. The molecule has 0 aliphatic heterocycles. The van der Waals surface area contributed by atoms with Gasteiger partial charge in [0.15, 0.2) is 12.0 Å². The molecule has 0 bridgehead atoms. The van der Waals surface area contributed by atoms with Crippen LogP contribution in [0.4, 0.5) is 10.1 Å². The van der Waals surface area contributed by atoms with E-state index in [1.165, 1.54) is 12.1 Å². The number of carbonyl (C=O) groups excluding carboxylic acids is 1. The zero-order valence-electron chi connectivity index (χ0n) is 8.46. The van der Waals surface area contributed by atoms with Crippen LogP contribution in [0.2, 0.25) is 0 Å². The van der Waals surface area contributed by atoms with Crippen LogP contribution in [0, 0.1) is 10.1 Å². The summed E-state index contributed by atoms with van der Waals surface area (Å²) in [5, 5.41) is 19.8. The van der Waals surface area contributed by atoms with E-state index in [1.807, 2.05) is 0 Å². The Morgan fingerprint density at radius 1 is 1.44 bits per heavy atom. The van der Waals surface area contributed by atoms with E-state index in [0.29, 0.717) is 0 Å². The van der Waals surface area contributed by atoms with Crippen molar-refractivity contribution >= 4 is 11.5 Å². The van der Waals surface area contributed by atoms with Gasteiger partial charge in [0.1, 0.15) is 6.10 Å². The number of nitrogens with zero attached hydrogens (tertiary/aromatic N) is 1. The van der Waals surface area contributed by atoms with E-state index in [9.17, 15) is 24.4 Å². The number of Topliss-reactive ketones (excluding diaryl/α,β-unsaturated/α-hetero) is 1. The molecular formula is C10H10FNO4. The van der Waals surface area contributed by atoms with Crippen molar-refractivity contribution in [1.82, 2.24) is 0 Å². The maximum absolute atomic E-state index is 13.1. The SMILES string of the molecule is CC(=O)C(F)C(O)c1ccc([N+](=O)[O-])cc1. The van der Waals surface area contributed by atoms with Crippen molar-refractivity contribution in [2.75, 3.05) is 0 Å². The normalized spacial score (nSPS) is 14.2. The standard InChI is InChI=1S/C10H10FNO4/c1-6(13)9(11)10(14)7-2-4-8(5-3-7)12(15)16/h2-5,9-10,14H,1H3. The zero-order valence-corrected chi connectivity index (χ0v) is 8.46. The summed E-state index contributed by atoms with van der Waals surface area (Å²) in [7, 11) is 0. The molecule has 0 heterocycles. The van der Waals surface area contributed by atoms with Crippen molar-refractivity contribution in [3.8, 4) is 0 Å². The number of halogens is 1. The third kappa shape index (κ3) is 2.60. The van der Waals surface area contributed by atoms with E-state index in [4.69, 9.17) is 0 Å². The van der Waals surface area contributed by atoms with Crippen LogP contribution >= 0.6 is 0 Å². The quantitative estimate of drug-likeness (QED) is 0.625. The summed E-state index contributed by atoms with van der Waals surface area (Å²) in [5.41, 5.74) is -0.0255. The smallest absolute Gasteiger partial charge is 0.269 e. The molecule has 2 atom stereocenters. The molecule has 0 spiro atoms. The van der Waals surface area contributed by atoms with Crippen LogP contribution < -0.4 is 0 Å². The highest BCUT2D eigenvalue weighted by Crippen LogP contribution is 2.22. The first kappa shape index (κ1) is 12.3. The zero-order chi connectivity index (χ0) is 12.3. The molecule has 1 aromatic carbocycles. The Labute approximate surface area is 90.7 Å². The molecule has 0 aliphatic carbocycles. The predicted octanol–water partition coefficient (Wildman–Crippen LogP) is 1.56. The minimum absolute atomic E-state index is 0.133. The van der Waals surface area contributed by atoms with Crippen LogP contribution in [-0.2, 0) is 4.79 Å². The van der Waals surface area contributed by atoms with E-state index in [0.717, 1.165) is 19.1 Å². The van der Waals surface area contributed by atoms with Crippen molar-refractivity contribution in [3.05, 3.63) is 39.9 Å². The lowest BCUT2D eigenvalue weighted by Gasteiger charge is -2.12. The van der Waals surface area contributed by atoms with Crippen molar-refractivity contribution in [2.24, 2.45) is 0 Å². The van der Waals surface area contributed by atoms with E-state index in [-0.39, 0.29) is 11.3 Å². The van der Waals surface area contributed by atoms with E-state index in [2.05, 4.69) is 0 Å². The molecule has 0 amide bonds. The maximum Gasteiger partial charge on any atom is 0.269 e. The number of aliphatic hydroxyl groups excluding tert-OH is 1. The first-order valence-electron chi connectivity index (χ1n) is 4.50. The molecule has 1 aromatic rings. The minimum Gasteiger partial charge on any atom is -0.385 e. The van der Waals surface area contributed by atoms with Crippen LogP contribution in [0.25, 0.3) is 0 Å². The minimum atomic E-state index is -2.01. The topological polar surface area (TPSA) is 80.4 Å². The molecule has 2 unspecified atom stereocenters. The molecule has 1 rings (SSSR count). The first-order valence-corrected chi connectivity index (χ1v) is 4.50. The average Bonchev–Trinajstić information content (AvgIpc) is 2.27. The van der Waals surface area contributed by atoms with Gasteiger partial charge in [0, 0.05) is 12.1 Å². The second kappa shape index (κ2) is 4.80. The number of nitro benzene ring substituents is 1. The fraction of sp³-hybridized carbons (Fsp3) is 0.300. The number of aliphatic hydroxyl groups is 1. The average molecular weight is 227 g/mol. The van der Waals surface area contributed by atoms with Gasteiger partial charge in [0.25, 0.3) is 5.69 Å². The number of rotatable bonds is 4. The number of benzene rings is 1. The largest absolute Gasteiger partial charge is 0.385 e. The van der Waals surface area contributed by atoms with Crippen molar-refractivity contribution in [2.45, 2.75) is 19.2 Å². The summed E-state index contributed by atoms with van der Waals surface area (Å²) in [4.78, 5) is 20.4. The third-order valence-electron chi connectivity index (χ3n) is 2.11. The molecule has 0 aromatic heterocycles. The summed E-state index contributed by atoms with van der Waals surface area (Å²) < 4.78 is 13.1. The molecule has 0 saturated heterocycles. The molecule has 0 fully saturated rings. The van der Waals surface area contributed by atoms with Crippen LogP contribution in [-0.4, -0.2) is 22.0 Å². The van der Waals surface area contributed by atoms with Crippen molar-refractivity contribution < 1.29 is 19.2 Å². The van der Waals surface area contributed by atoms with Gasteiger partial charge < -0.3 is 5.11 Å². The van der Waals surface area contributed by atoms with E-state index < -0.39 is 23.0 Å². The van der Waals surface area contributed by atoms with Gasteiger partial charge in [-0.1, -0.05) is 0 Å². The molecule has 6 heteroatoms. The monoisotopic (exact) mass is 227 g/mol. The molecular weight excluding hydrogens is 217 g/mol. The van der Waals surface area contributed by atoms with Gasteiger partial charge in [-0.25, -0.2) is 4.39 Å². The Balaban J connectivity index is 2.89. The Kier molecular flexibility index (Phi) is 3.68. The van der Waals surface area contributed by atoms with Gasteiger partial charge in [-0.05, 0) is 24.6 Å². The van der Waals surface area contributed by atoms with Crippen molar-refractivity contribution in [3.63, 3.8) is 0 Å². The second-order valence-corrected chi connectivity index (χ2v) is 3.31. The summed E-state index contributed by atoms with van der Waals surface area (Å²) in [5.74, 6) is -0.786. The van der Waals surface area contributed by atoms with E-state index >= 15 is 0 Å². The van der Waals surface area contributed by atoms with Crippen molar-refractivity contribution in [1.29, 1.82) is 0 Å². The molecule has 1 N–H and O–H groups in total. The van der Waals surface area contributed by atoms with Gasteiger partial charge in [0.05, 0.1) is 4.92 Å². The fourth-order valence-electron chi connectivity index (χ4n) is 1.18. The Morgan fingerprint density at radius 3 is 2.31 bits per heavy atom. The number of non-ortho nitro benzene ring substituents is 1. The number of nitro groups is 1. The number of alkyl halides is 1. The van der Waals surface area contributed by atoms with Gasteiger partial charge in [-0.3, -0.25) is 14.9 Å². The van der Waals surface area contributed by atoms with Crippen LogP contribution in [0.1, 0.15) is 18.6 Å². The first-order chi connectivity index (χ1) is 7.43. The van der Waals surface area contributed by atoms with Crippen LogP contribution in [0.5, 0.6) is 0 Å². The maximum atomic E-state index is 13.1. The molecule has 0 aliphatic rings. The Morgan fingerprint density at radius 2 is 1.94 bits per heavy atom. The lowest BCUT2D eigenvalue weighted by atomic mass is 10.0. The Hall–Kier alpha value is -1.82.